The number of hydrogen-bond acceptors (Lipinski definition) is 0. The fourth-order valence-corrected chi connectivity index (χ4v) is 2.11. The SMILES string of the molecule is CCCC(CC)c1ccc(B(C)C)cc1. The van der Waals surface area contributed by atoms with E-state index in [4.69, 9.17) is 0 Å². The van der Waals surface area contributed by atoms with Gasteiger partial charge in [-0.25, -0.2) is 0 Å². The van der Waals surface area contributed by atoms with Gasteiger partial charge in [-0.3, -0.25) is 0 Å². The first kappa shape index (κ1) is 12.4. The van der Waals surface area contributed by atoms with Crippen molar-refractivity contribution in [1.29, 1.82) is 0 Å². The molecule has 0 aromatic heterocycles. The smallest absolute Gasteiger partial charge is 0.0819 e. The average Bonchev–Trinajstić information content (AvgIpc) is 2.26. The highest BCUT2D eigenvalue weighted by atomic mass is 14.1. The van der Waals surface area contributed by atoms with Crippen LogP contribution in [0.25, 0.3) is 0 Å². The van der Waals surface area contributed by atoms with Crippen molar-refractivity contribution in [2.24, 2.45) is 0 Å². The van der Waals surface area contributed by atoms with E-state index in [0.29, 0.717) is 6.71 Å². The molecule has 0 aliphatic heterocycles. The summed E-state index contributed by atoms with van der Waals surface area (Å²) in [5, 5.41) is 0. The van der Waals surface area contributed by atoms with Gasteiger partial charge in [-0.2, -0.15) is 0 Å². The molecule has 82 valence electrons. The summed E-state index contributed by atoms with van der Waals surface area (Å²) < 4.78 is 0. The molecule has 1 rings (SSSR count). The second kappa shape index (κ2) is 6.00. The van der Waals surface area contributed by atoms with Crippen molar-refractivity contribution < 1.29 is 0 Å². The lowest BCUT2D eigenvalue weighted by atomic mass is 9.49. The van der Waals surface area contributed by atoms with Gasteiger partial charge in [-0.05, 0) is 24.3 Å². The average molecular weight is 202 g/mol. The highest BCUT2D eigenvalue weighted by molar-refractivity contribution is 6.70. The van der Waals surface area contributed by atoms with Crippen LogP contribution in [0.15, 0.2) is 24.3 Å². The first-order chi connectivity index (χ1) is 7.19. The highest BCUT2D eigenvalue weighted by Gasteiger charge is 2.09. The standard InChI is InChI=1S/C14H23B/c1-5-7-12(6-2)13-8-10-14(11-9-13)15(3)4/h8-12H,5-7H2,1-4H3. The Balaban J connectivity index is 2.77. The molecule has 1 unspecified atom stereocenters. The fourth-order valence-electron chi connectivity index (χ4n) is 2.11. The Labute approximate surface area is 95.2 Å². The molecule has 0 spiro atoms. The van der Waals surface area contributed by atoms with Crippen LogP contribution < -0.4 is 5.46 Å². The Morgan fingerprint density at radius 3 is 2.07 bits per heavy atom. The predicted octanol–water partition coefficient (Wildman–Crippen LogP) is 3.94. The van der Waals surface area contributed by atoms with Crippen molar-refractivity contribution >= 4 is 12.2 Å². The molecule has 0 radical (unpaired) electrons. The van der Waals surface area contributed by atoms with E-state index < -0.39 is 0 Å². The van der Waals surface area contributed by atoms with E-state index in [9.17, 15) is 0 Å². The molecule has 0 saturated heterocycles. The molecule has 1 aromatic rings. The highest BCUT2D eigenvalue weighted by Crippen LogP contribution is 2.23. The second-order valence-electron chi connectivity index (χ2n) is 4.72. The molecule has 0 amide bonds. The molecule has 0 aliphatic carbocycles. The van der Waals surface area contributed by atoms with Gasteiger partial charge in [0.05, 0.1) is 0 Å². The molecule has 0 saturated carbocycles. The van der Waals surface area contributed by atoms with Crippen LogP contribution in [0.1, 0.15) is 44.6 Å². The van der Waals surface area contributed by atoms with E-state index in [0.717, 1.165) is 5.92 Å². The van der Waals surface area contributed by atoms with Crippen molar-refractivity contribution in [3.05, 3.63) is 29.8 Å². The first-order valence-corrected chi connectivity index (χ1v) is 6.28. The van der Waals surface area contributed by atoms with E-state index >= 15 is 0 Å². The Morgan fingerprint density at radius 2 is 1.67 bits per heavy atom. The second-order valence-corrected chi connectivity index (χ2v) is 4.72. The van der Waals surface area contributed by atoms with Crippen molar-refractivity contribution in [2.45, 2.75) is 52.7 Å². The molecule has 1 aromatic carbocycles. The Hall–Kier alpha value is -0.715. The molecular formula is C14H23B. The van der Waals surface area contributed by atoms with Gasteiger partial charge in [0.25, 0.3) is 0 Å². The largest absolute Gasteiger partial charge is 0.169 e. The van der Waals surface area contributed by atoms with Crippen LogP contribution in [0.2, 0.25) is 13.6 Å². The molecule has 15 heavy (non-hydrogen) atoms. The van der Waals surface area contributed by atoms with Gasteiger partial charge in [0.1, 0.15) is 0 Å². The quantitative estimate of drug-likeness (QED) is 0.634. The third kappa shape index (κ3) is 3.41. The maximum atomic E-state index is 2.32. The molecule has 1 atom stereocenters. The lowest BCUT2D eigenvalue weighted by molar-refractivity contribution is 0.596. The minimum atomic E-state index is 0.644. The molecule has 0 N–H and O–H groups in total. The third-order valence-corrected chi connectivity index (χ3v) is 3.20. The van der Waals surface area contributed by atoms with Crippen molar-refractivity contribution in [1.82, 2.24) is 0 Å². The summed E-state index contributed by atoms with van der Waals surface area (Å²) in [5.74, 6) is 0.760. The normalized spacial score (nSPS) is 12.5. The van der Waals surface area contributed by atoms with Gasteiger partial charge in [-0.15, -0.1) is 0 Å². The third-order valence-electron chi connectivity index (χ3n) is 3.20. The number of benzene rings is 1. The lowest BCUT2D eigenvalue weighted by Crippen LogP contribution is -2.22. The minimum Gasteiger partial charge on any atom is -0.0819 e. The molecule has 0 bridgehead atoms. The molecular weight excluding hydrogens is 179 g/mol. The van der Waals surface area contributed by atoms with Crippen LogP contribution in [0.3, 0.4) is 0 Å². The van der Waals surface area contributed by atoms with Crippen LogP contribution in [0.5, 0.6) is 0 Å². The van der Waals surface area contributed by atoms with Crippen molar-refractivity contribution in [3.8, 4) is 0 Å². The zero-order valence-corrected chi connectivity index (χ0v) is 10.6. The summed E-state index contributed by atoms with van der Waals surface area (Å²) in [5.41, 5.74) is 2.97. The molecule has 1 heteroatoms. The van der Waals surface area contributed by atoms with Crippen LogP contribution in [-0.2, 0) is 0 Å². The monoisotopic (exact) mass is 202 g/mol. The van der Waals surface area contributed by atoms with Gasteiger partial charge in [0.2, 0.25) is 0 Å². The van der Waals surface area contributed by atoms with E-state index in [1.54, 1.807) is 0 Å². The summed E-state index contributed by atoms with van der Waals surface area (Å²) in [4.78, 5) is 0. The van der Waals surface area contributed by atoms with Gasteiger partial charge in [0, 0.05) is 0 Å². The van der Waals surface area contributed by atoms with Gasteiger partial charge in [0.15, 0.2) is 6.71 Å². The maximum Gasteiger partial charge on any atom is 0.169 e. The fraction of sp³-hybridized carbons (Fsp3) is 0.571. The Bertz CT molecular complexity index is 274. The zero-order chi connectivity index (χ0) is 11.3. The van der Waals surface area contributed by atoms with Gasteiger partial charge in [-0.1, -0.05) is 63.6 Å². The Morgan fingerprint density at radius 1 is 1.07 bits per heavy atom. The summed E-state index contributed by atoms with van der Waals surface area (Å²) in [6.45, 7) is 9.70. The van der Waals surface area contributed by atoms with Crippen molar-refractivity contribution in [3.63, 3.8) is 0 Å². The van der Waals surface area contributed by atoms with Crippen LogP contribution in [-0.4, -0.2) is 6.71 Å². The van der Waals surface area contributed by atoms with Crippen LogP contribution in [0.4, 0.5) is 0 Å². The first-order valence-electron chi connectivity index (χ1n) is 6.28. The van der Waals surface area contributed by atoms with Gasteiger partial charge >= 0.3 is 0 Å². The summed E-state index contributed by atoms with van der Waals surface area (Å²) in [6.07, 6.45) is 3.86. The number of hydrogen-bond donors (Lipinski definition) is 0. The van der Waals surface area contributed by atoms with E-state index in [1.165, 1.54) is 30.3 Å². The molecule has 0 nitrogen and oxygen atoms in total. The molecule has 0 heterocycles. The summed E-state index contributed by atoms with van der Waals surface area (Å²) in [6, 6.07) is 9.22. The maximum absolute atomic E-state index is 2.32. The summed E-state index contributed by atoms with van der Waals surface area (Å²) >= 11 is 0. The Kier molecular flexibility index (Phi) is 4.94. The summed E-state index contributed by atoms with van der Waals surface area (Å²) in [7, 11) is 0. The number of rotatable bonds is 5. The van der Waals surface area contributed by atoms with E-state index in [1.807, 2.05) is 0 Å². The molecule has 0 aliphatic rings. The predicted molar refractivity (Wildman–Crippen MR) is 71.5 cm³/mol. The van der Waals surface area contributed by atoms with Crippen LogP contribution >= 0.6 is 0 Å². The van der Waals surface area contributed by atoms with E-state index in [2.05, 4.69) is 51.8 Å². The zero-order valence-electron chi connectivity index (χ0n) is 10.6. The lowest BCUT2D eigenvalue weighted by Gasteiger charge is -2.15. The van der Waals surface area contributed by atoms with Crippen molar-refractivity contribution in [2.75, 3.05) is 0 Å². The molecule has 0 fully saturated rings. The minimum absolute atomic E-state index is 0.644. The topological polar surface area (TPSA) is 0 Å². The van der Waals surface area contributed by atoms with Gasteiger partial charge < -0.3 is 0 Å². The van der Waals surface area contributed by atoms with Crippen LogP contribution in [0, 0.1) is 0 Å². The van der Waals surface area contributed by atoms with E-state index in [-0.39, 0.29) is 0 Å².